The van der Waals surface area contributed by atoms with Crippen LogP contribution in [0.3, 0.4) is 0 Å². The van der Waals surface area contributed by atoms with E-state index < -0.39 is 11.6 Å². The molecule has 2 rings (SSSR count). The molecule has 19 heavy (non-hydrogen) atoms. The molecular formula is C16H23F2N. The molecule has 3 heteroatoms. The molecule has 0 spiro atoms. The molecule has 1 aliphatic carbocycles. The van der Waals surface area contributed by atoms with E-state index in [0.29, 0.717) is 5.92 Å². The Balaban J connectivity index is 1.89. The van der Waals surface area contributed by atoms with Crippen molar-refractivity contribution in [1.29, 1.82) is 0 Å². The van der Waals surface area contributed by atoms with E-state index in [1.807, 2.05) is 6.92 Å². The fourth-order valence-corrected chi connectivity index (χ4v) is 2.90. The second-order valence-corrected chi connectivity index (χ2v) is 5.89. The molecule has 1 fully saturated rings. The van der Waals surface area contributed by atoms with Crippen LogP contribution in [-0.4, -0.2) is 6.54 Å². The van der Waals surface area contributed by atoms with Crippen molar-refractivity contribution in [3.63, 3.8) is 0 Å². The first kappa shape index (κ1) is 14.4. The summed E-state index contributed by atoms with van der Waals surface area (Å²) in [4.78, 5) is 0. The van der Waals surface area contributed by atoms with E-state index >= 15 is 0 Å². The van der Waals surface area contributed by atoms with Crippen LogP contribution in [0.25, 0.3) is 0 Å². The van der Waals surface area contributed by atoms with Gasteiger partial charge in [0.1, 0.15) is 11.6 Å². The number of rotatable bonds is 4. The Morgan fingerprint density at radius 1 is 1.16 bits per heavy atom. The summed E-state index contributed by atoms with van der Waals surface area (Å²) in [5.41, 5.74) is 0.159. The predicted octanol–water partition coefficient (Wildman–Crippen LogP) is 4.44. The third-order valence-corrected chi connectivity index (χ3v) is 4.28. The van der Waals surface area contributed by atoms with E-state index in [4.69, 9.17) is 0 Å². The molecule has 0 heterocycles. The zero-order valence-electron chi connectivity index (χ0n) is 11.8. The lowest BCUT2D eigenvalue weighted by Crippen LogP contribution is -2.29. The lowest BCUT2D eigenvalue weighted by atomic mass is 9.83. The summed E-state index contributed by atoms with van der Waals surface area (Å²) in [7, 11) is 0. The average Bonchev–Trinajstić information content (AvgIpc) is 2.38. The lowest BCUT2D eigenvalue weighted by Gasteiger charge is -2.27. The molecule has 0 aliphatic heterocycles. The van der Waals surface area contributed by atoms with Crippen LogP contribution in [-0.2, 0) is 0 Å². The highest BCUT2D eigenvalue weighted by Gasteiger charge is 2.20. The molecule has 0 amide bonds. The normalized spacial score (nSPS) is 25.3. The Labute approximate surface area is 114 Å². The fourth-order valence-electron chi connectivity index (χ4n) is 2.90. The predicted molar refractivity (Wildman–Crippen MR) is 73.9 cm³/mol. The zero-order valence-corrected chi connectivity index (χ0v) is 11.8. The van der Waals surface area contributed by atoms with Gasteiger partial charge in [0, 0.05) is 11.6 Å². The molecule has 1 atom stereocenters. The van der Waals surface area contributed by atoms with Crippen LogP contribution < -0.4 is 5.32 Å². The number of benzene rings is 1. The number of hydrogen-bond acceptors (Lipinski definition) is 1. The summed E-state index contributed by atoms with van der Waals surface area (Å²) >= 11 is 0. The first-order valence-corrected chi connectivity index (χ1v) is 7.25. The maximum Gasteiger partial charge on any atom is 0.130 e. The van der Waals surface area contributed by atoms with Crippen molar-refractivity contribution in [1.82, 2.24) is 5.32 Å². The molecule has 0 bridgehead atoms. The maximum absolute atomic E-state index is 13.6. The van der Waals surface area contributed by atoms with Gasteiger partial charge in [0.2, 0.25) is 0 Å². The zero-order chi connectivity index (χ0) is 13.8. The highest BCUT2D eigenvalue weighted by molar-refractivity contribution is 5.22. The molecule has 1 saturated carbocycles. The second kappa shape index (κ2) is 6.47. The van der Waals surface area contributed by atoms with Crippen LogP contribution in [0.2, 0.25) is 0 Å². The first-order chi connectivity index (χ1) is 9.08. The molecule has 0 aromatic heterocycles. The lowest BCUT2D eigenvalue weighted by molar-refractivity contribution is 0.274. The van der Waals surface area contributed by atoms with Crippen LogP contribution in [0.1, 0.15) is 51.1 Å². The molecular weight excluding hydrogens is 244 g/mol. The summed E-state index contributed by atoms with van der Waals surface area (Å²) < 4.78 is 27.3. The molecule has 1 aromatic carbocycles. The highest BCUT2D eigenvalue weighted by Crippen LogP contribution is 2.28. The van der Waals surface area contributed by atoms with Crippen molar-refractivity contribution in [2.45, 2.75) is 45.6 Å². The Hall–Kier alpha value is -0.960. The van der Waals surface area contributed by atoms with Gasteiger partial charge in [0.25, 0.3) is 0 Å². The van der Waals surface area contributed by atoms with Crippen LogP contribution in [0.15, 0.2) is 18.2 Å². The third-order valence-electron chi connectivity index (χ3n) is 4.28. The van der Waals surface area contributed by atoms with E-state index in [1.165, 1.54) is 43.9 Å². The van der Waals surface area contributed by atoms with Crippen LogP contribution >= 0.6 is 0 Å². The van der Waals surface area contributed by atoms with Gasteiger partial charge in [-0.2, -0.15) is 0 Å². The van der Waals surface area contributed by atoms with Gasteiger partial charge in [0.05, 0.1) is 0 Å². The van der Waals surface area contributed by atoms with Crippen LogP contribution in [0.5, 0.6) is 0 Å². The highest BCUT2D eigenvalue weighted by atomic mass is 19.1. The van der Waals surface area contributed by atoms with E-state index in [9.17, 15) is 8.78 Å². The van der Waals surface area contributed by atoms with E-state index in [1.54, 1.807) is 0 Å². The molecule has 1 nitrogen and oxygen atoms in total. The maximum atomic E-state index is 13.6. The quantitative estimate of drug-likeness (QED) is 0.850. The second-order valence-electron chi connectivity index (χ2n) is 5.89. The molecule has 0 saturated heterocycles. The monoisotopic (exact) mass is 267 g/mol. The topological polar surface area (TPSA) is 12.0 Å². The van der Waals surface area contributed by atoms with Gasteiger partial charge in [-0.3, -0.25) is 0 Å². The third kappa shape index (κ3) is 3.75. The standard InChI is InChI=1S/C16H23F2N/c1-11-6-8-13(9-7-11)10-19-12(2)16-14(17)4-3-5-15(16)18/h3-5,11-13,19H,6-10H2,1-2H3. The molecule has 0 radical (unpaired) electrons. The Kier molecular flexibility index (Phi) is 4.92. The van der Waals surface area contributed by atoms with Gasteiger partial charge >= 0.3 is 0 Å². The Morgan fingerprint density at radius 3 is 2.32 bits per heavy atom. The summed E-state index contributed by atoms with van der Waals surface area (Å²) in [6.07, 6.45) is 4.99. The van der Waals surface area contributed by atoms with Crippen molar-refractivity contribution in [3.8, 4) is 0 Å². The van der Waals surface area contributed by atoms with Gasteiger partial charge in [-0.25, -0.2) is 8.78 Å². The van der Waals surface area contributed by atoms with Gasteiger partial charge in [-0.15, -0.1) is 0 Å². The van der Waals surface area contributed by atoms with Crippen molar-refractivity contribution in [2.75, 3.05) is 6.54 Å². The summed E-state index contributed by atoms with van der Waals surface area (Å²) in [6, 6.07) is 3.77. The first-order valence-electron chi connectivity index (χ1n) is 7.25. The number of halogens is 2. The van der Waals surface area contributed by atoms with E-state index in [2.05, 4.69) is 12.2 Å². The summed E-state index contributed by atoms with van der Waals surface area (Å²) in [6.45, 7) is 4.97. The van der Waals surface area contributed by atoms with Gasteiger partial charge < -0.3 is 5.32 Å². The van der Waals surface area contributed by atoms with E-state index in [0.717, 1.165) is 12.5 Å². The van der Waals surface area contributed by atoms with Crippen molar-refractivity contribution < 1.29 is 8.78 Å². The van der Waals surface area contributed by atoms with Crippen molar-refractivity contribution in [3.05, 3.63) is 35.4 Å². The SMILES string of the molecule is CC1CCC(CNC(C)c2c(F)cccc2F)CC1. The van der Waals surface area contributed by atoms with Crippen molar-refractivity contribution in [2.24, 2.45) is 11.8 Å². The molecule has 1 aliphatic rings. The largest absolute Gasteiger partial charge is 0.310 e. The van der Waals surface area contributed by atoms with Gasteiger partial charge in [-0.05, 0) is 50.3 Å². The van der Waals surface area contributed by atoms with Gasteiger partial charge in [0.15, 0.2) is 0 Å². The smallest absolute Gasteiger partial charge is 0.130 e. The number of hydrogen-bond donors (Lipinski definition) is 1. The summed E-state index contributed by atoms with van der Waals surface area (Å²) in [5, 5.41) is 3.29. The molecule has 106 valence electrons. The molecule has 1 aromatic rings. The van der Waals surface area contributed by atoms with E-state index in [-0.39, 0.29) is 11.6 Å². The molecule has 1 unspecified atom stereocenters. The number of nitrogens with one attached hydrogen (secondary N) is 1. The summed E-state index contributed by atoms with van der Waals surface area (Å²) in [5.74, 6) is 0.556. The minimum Gasteiger partial charge on any atom is -0.310 e. The fraction of sp³-hybridized carbons (Fsp3) is 0.625. The van der Waals surface area contributed by atoms with Gasteiger partial charge in [-0.1, -0.05) is 25.8 Å². The minimum atomic E-state index is -0.461. The minimum absolute atomic E-state index is 0.159. The Morgan fingerprint density at radius 2 is 1.74 bits per heavy atom. The van der Waals surface area contributed by atoms with Crippen LogP contribution in [0.4, 0.5) is 8.78 Å². The Bertz CT molecular complexity index is 391. The van der Waals surface area contributed by atoms with Crippen LogP contribution in [0, 0.1) is 23.5 Å². The molecule has 1 N–H and O–H groups in total. The van der Waals surface area contributed by atoms with Crippen molar-refractivity contribution >= 4 is 0 Å². The average molecular weight is 267 g/mol.